The van der Waals surface area contributed by atoms with Crippen LogP contribution in [0.5, 0.6) is 0 Å². The van der Waals surface area contributed by atoms with Crippen LogP contribution in [0, 0.1) is 24.0 Å². The van der Waals surface area contributed by atoms with Gasteiger partial charge in [0.15, 0.2) is 0 Å². The smallest absolute Gasteiger partial charge is 0.273 e. The number of benzene rings is 1. The molecule has 0 aliphatic rings. The van der Waals surface area contributed by atoms with Gasteiger partial charge in [0.05, 0.1) is 9.82 Å². The summed E-state index contributed by atoms with van der Waals surface area (Å²) in [7, 11) is -1.94. The van der Waals surface area contributed by atoms with Gasteiger partial charge in [-0.25, -0.2) is 13.1 Å². The lowest BCUT2D eigenvalue weighted by Gasteiger charge is -2.09. The Morgan fingerprint density at radius 3 is 2.45 bits per heavy atom. The molecule has 0 saturated heterocycles. The molecule has 1 aromatic carbocycles. The van der Waals surface area contributed by atoms with Crippen LogP contribution in [0.4, 0.5) is 5.69 Å². The molecule has 0 aliphatic heterocycles. The van der Waals surface area contributed by atoms with Crippen LogP contribution in [0.2, 0.25) is 0 Å². The first-order valence-corrected chi connectivity index (χ1v) is 7.68. The molecule has 1 aromatic rings. The number of sulfonamides is 1. The Morgan fingerprint density at radius 2 is 1.90 bits per heavy atom. The molecule has 8 heteroatoms. The zero-order valence-corrected chi connectivity index (χ0v) is 12.6. The number of hydrogen-bond donors (Lipinski definition) is 2. The van der Waals surface area contributed by atoms with Crippen molar-refractivity contribution in [3.8, 4) is 0 Å². The molecule has 0 aliphatic carbocycles. The van der Waals surface area contributed by atoms with Crippen molar-refractivity contribution in [1.29, 1.82) is 0 Å². The molecule has 0 unspecified atom stereocenters. The highest BCUT2D eigenvalue weighted by Gasteiger charge is 2.21. The topological polar surface area (TPSA) is 101 Å². The van der Waals surface area contributed by atoms with Gasteiger partial charge in [-0.1, -0.05) is 0 Å². The molecule has 20 heavy (non-hydrogen) atoms. The molecule has 0 radical (unpaired) electrons. The molecular formula is C12H19N3O4S. The van der Waals surface area contributed by atoms with E-state index < -0.39 is 14.9 Å². The van der Waals surface area contributed by atoms with Crippen molar-refractivity contribution in [3.05, 3.63) is 33.4 Å². The van der Waals surface area contributed by atoms with Gasteiger partial charge < -0.3 is 5.32 Å². The normalized spacial score (nSPS) is 11.6. The van der Waals surface area contributed by atoms with Gasteiger partial charge in [-0.15, -0.1) is 0 Å². The van der Waals surface area contributed by atoms with E-state index in [1.165, 1.54) is 6.07 Å². The fourth-order valence-electron chi connectivity index (χ4n) is 1.71. The zero-order chi connectivity index (χ0) is 15.3. The lowest BCUT2D eigenvalue weighted by molar-refractivity contribution is -0.385. The molecule has 0 bridgehead atoms. The first-order chi connectivity index (χ1) is 9.29. The van der Waals surface area contributed by atoms with Gasteiger partial charge >= 0.3 is 0 Å². The van der Waals surface area contributed by atoms with E-state index in [0.29, 0.717) is 24.1 Å². The average molecular weight is 301 g/mol. The molecule has 0 spiro atoms. The van der Waals surface area contributed by atoms with Crippen molar-refractivity contribution in [3.63, 3.8) is 0 Å². The van der Waals surface area contributed by atoms with Gasteiger partial charge in [-0.05, 0) is 45.5 Å². The quantitative estimate of drug-likeness (QED) is 0.446. The highest BCUT2D eigenvalue weighted by atomic mass is 32.2. The van der Waals surface area contributed by atoms with Gasteiger partial charge in [0, 0.05) is 18.2 Å². The van der Waals surface area contributed by atoms with Crippen LogP contribution in [0.3, 0.4) is 0 Å². The second-order valence-corrected chi connectivity index (χ2v) is 6.26. The Labute approximate surface area is 118 Å². The highest BCUT2D eigenvalue weighted by Crippen LogP contribution is 2.25. The number of aryl methyl sites for hydroxylation is 1. The van der Waals surface area contributed by atoms with Gasteiger partial charge in [0.25, 0.3) is 5.69 Å². The van der Waals surface area contributed by atoms with E-state index in [2.05, 4.69) is 10.0 Å². The van der Waals surface area contributed by atoms with Crippen LogP contribution >= 0.6 is 0 Å². The van der Waals surface area contributed by atoms with E-state index in [4.69, 9.17) is 0 Å². The minimum Gasteiger partial charge on any atom is -0.320 e. The van der Waals surface area contributed by atoms with Crippen molar-refractivity contribution in [2.24, 2.45) is 0 Å². The van der Waals surface area contributed by atoms with Crippen molar-refractivity contribution >= 4 is 15.7 Å². The first kappa shape index (κ1) is 16.5. The fourth-order valence-corrected chi connectivity index (χ4v) is 2.89. The summed E-state index contributed by atoms with van der Waals surface area (Å²) in [5.74, 6) is 0. The summed E-state index contributed by atoms with van der Waals surface area (Å²) >= 11 is 0. The average Bonchev–Trinajstić information content (AvgIpc) is 2.37. The third kappa shape index (κ3) is 3.99. The fraction of sp³-hybridized carbons (Fsp3) is 0.500. The SMILES string of the molecule is CNCCCNS(=O)(=O)c1cc(C)c(C)c([N+](=O)[O-])c1. The van der Waals surface area contributed by atoms with E-state index in [1.54, 1.807) is 20.9 Å². The molecule has 7 nitrogen and oxygen atoms in total. The Kier molecular flexibility index (Phi) is 5.61. The van der Waals surface area contributed by atoms with Crippen LogP contribution in [0.15, 0.2) is 17.0 Å². The monoisotopic (exact) mass is 301 g/mol. The second kappa shape index (κ2) is 6.78. The zero-order valence-electron chi connectivity index (χ0n) is 11.8. The Hall–Kier alpha value is -1.51. The molecule has 0 heterocycles. The van der Waals surface area contributed by atoms with Crippen LogP contribution in [-0.4, -0.2) is 33.5 Å². The third-order valence-electron chi connectivity index (χ3n) is 3.02. The van der Waals surface area contributed by atoms with E-state index in [9.17, 15) is 18.5 Å². The molecule has 0 amide bonds. The molecule has 112 valence electrons. The predicted octanol–water partition coefficient (Wildman–Crippen LogP) is 1.10. The summed E-state index contributed by atoms with van der Waals surface area (Å²) in [5, 5.41) is 13.8. The molecule has 0 fully saturated rings. The van der Waals surface area contributed by atoms with E-state index in [1.807, 2.05) is 0 Å². The third-order valence-corrected chi connectivity index (χ3v) is 4.46. The van der Waals surface area contributed by atoms with Crippen molar-refractivity contribution in [1.82, 2.24) is 10.0 Å². The number of nitro groups is 1. The molecule has 0 aromatic heterocycles. The molecule has 1 rings (SSSR count). The maximum Gasteiger partial charge on any atom is 0.273 e. The Morgan fingerprint density at radius 1 is 1.25 bits per heavy atom. The highest BCUT2D eigenvalue weighted by molar-refractivity contribution is 7.89. The minimum atomic E-state index is -3.72. The number of rotatable bonds is 7. The maximum absolute atomic E-state index is 12.1. The molecule has 2 N–H and O–H groups in total. The second-order valence-electron chi connectivity index (χ2n) is 4.50. The van der Waals surface area contributed by atoms with Crippen LogP contribution < -0.4 is 10.0 Å². The van der Waals surface area contributed by atoms with Crippen molar-refractivity contribution in [2.45, 2.75) is 25.2 Å². The van der Waals surface area contributed by atoms with Crippen LogP contribution in [0.25, 0.3) is 0 Å². The summed E-state index contributed by atoms with van der Waals surface area (Å²) in [6.07, 6.45) is 0.642. The standard InChI is InChI=1S/C12H19N3O4S/c1-9-7-11(8-12(10(9)2)15(16)17)20(18,19)14-6-4-5-13-3/h7-8,13-14H,4-6H2,1-3H3. The lowest BCUT2D eigenvalue weighted by Crippen LogP contribution is -2.27. The summed E-state index contributed by atoms with van der Waals surface area (Å²) in [6, 6.07) is 2.55. The number of hydrogen-bond acceptors (Lipinski definition) is 5. The minimum absolute atomic E-state index is 0.0724. The van der Waals surface area contributed by atoms with E-state index in [-0.39, 0.29) is 17.1 Å². The maximum atomic E-state index is 12.1. The summed E-state index contributed by atoms with van der Waals surface area (Å²) < 4.78 is 26.6. The number of nitro benzene ring substituents is 1. The summed E-state index contributed by atoms with van der Waals surface area (Å²) in [6.45, 7) is 4.23. The van der Waals surface area contributed by atoms with Crippen molar-refractivity contribution in [2.75, 3.05) is 20.1 Å². The lowest BCUT2D eigenvalue weighted by atomic mass is 10.1. The van der Waals surface area contributed by atoms with Gasteiger partial charge in [0.1, 0.15) is 0 Å². The van der Waals surface area contributed by atoms with Gasteiger partial charge in [-0.2, -0.15) is 0 Å². The molecule has 0 saturated carbocycles. The van der Waals surface area contributed by atoms with E-state index in [0.717, 1.165) is 6.07 Å². The van der Waals surface area contributed by atoms with Gasteiger partial charge in [0.2, 0.25) is 10.0 Å². The molecule has 0 atom stereocenters. The van der Waals surface area contributed by atoms with Gasteiger partial charge in [-0.3, -0.25) is 10.1 Å². The largest absolute Gasteiger partial charge is 0.320 e. The van der Waals surface area contributed by atoms with Crippen LogP contribution in [-0.2, 0) is 10.0 Å². The van der Waals surface area contributed by atoms with Crippen LogP contribution in [0.1, 0.15) is 17.5 Å². The Balaban J connectivity index is 3.04. The Bertz CT molecular complexity index is 599. The summed E-state index contributed by atoms with van der Waals surface area (Å²) in [5.41, 5.74) is 0.875. The molecular weight excluding hydrogens is 282 g/mol. The predicted molar refractivity (Wildman–Crippen MR) is 76.3 cm³/mol. The number of nitrogens with zero attached hydrogens (tertiary/aromatic N) is 1. The van der Waals surface area contributed by atoms with Crippen molar-refractivity contribution < 1.29 is 13.3 Å². The van der Waals surface area contributed by atoms with E-state index >= 15 is 0 Å². The summed E-state index contributed by atoms with van der Waals surface area (Å²) in [4.78, 5) is 10.3. The number of nitrogens with one attached hydrogen (secondary N) is 2. The first-order valence-electron chi connectivity index (χ1n) is 6.19.